The number of carboxylic acids is 1. The highest BCUT2D eigenvalue weighted by molar-refractivity contribution is 9.10. The summed E-state index contributed by atoms with van der Waals surface area (Å²) in [7, 11) is -3.94. The molecule has 0 aliphatic rings. The number of hydrogen-bond acceptors (Lipinski definition) is 3. The van der Waals surface area contributed by atoms with E-state index in [0.717, 1.165) is 18.2 Å². The molecule has 8 heteroatoms. The van der Waals surface area contributed by atoms with Gasteiger partial charge in [-0.15, -0.1) is 0 Å². The van der Waals surface area contributed by atoms with E-state index < -0.39 is 27.3 Å². The molecule has 0 aliphatic heterocycles. The smallest absolute Gasteiger partial charge is 0.305 e. The van der Waals surface area contributed by atoms with Gasteiger partial charge in [-0.25, -0.2) is 17.5 Å². The summed E-state index contributed by atoms with van der Waals surface area (Å²) in [5.41, 5.74) is -1.15. The van der Waals surface area contributed by atoms with Crippen LogP contribution in [0.5, 0.6) is 0 Å². The van der Waals surface area contributed by atoms with E-state index in [9.17, 15) is 17.6 Å². The maximum absolute atomic E-state index is 12.9. The average molecular weight is 354 g/mol. The molecule has 0 heterocycles. The molecule has 0 saturated heterocycles. The Kier molecular flexibility index (Phi) is 4.70. The Hall–Kier alpha value is -0.990. The maximum atomic E-state index is 12.9. The first-order valence-electron chi connectivity index (χ1n) is 5.24. The fraction of sp³-hybridized carbons (Fsp3) is 0.364. The van der Waals surface area contributed by atoms with Crippen LogP contribution in [-0.2, 0) is 14.8 Å². The molecule has 19 heavy (non-hydrogen) atoms. The van der Waals surface area contributed by atoms with Crippen molar-refractivity contribution in [3.8, 4) is 0 Å². The number of rotatable bonds is 5. The van der Waals surface area contributed by atoms with Gasteiger partial charge < -0.3 is 5.11 Å². The van der Waals surface area contributed by atoms with E-state index in [2.05, 4.69) is 20.7 Å². The summed E-state index contributed by atoms with van der Waals surface area (Å²) >= 11 is 2.97. The van der Waals surface area contributed by atoms with Gasteiger partial charge in [0.05, 0.1) is 11.3 Å². The van der Waals surface area contributed by atoms with Crippen LogP contribution in [0.3, 0.4) is 0 Å². The average Bonchev–Trinajstić information content (AvgIpc) is 2.11. The number of benzene rings is 1. The van der Waals surface area contributed by atoms with Crippen molar-refractivity contribution in [3.05, 3.63) is 28.5 Å². The lowest BCUT2D eigenvalue weighted by Gasteiger charge is -2.24. The van der Waals surface area contributed by atoms with Crippen LogP contribution in [0.2, 0.25) is 0 Å². The number of carboxylic acid groups (broad SMARTS) is 1. The van der Waals surface area contributed by atoms with Crippen molar-refractivity contribution >= 4 is 31.9 Å². The fourth-order valence-corrected chi connectivity index (χ4v) is 3.99. The summed E-state index contributed by atoms with van der Waals surface area (Å²) in [6.45, 7) is 2.91. The van der Waals surface area contributed by atoms with Gasteiger partial charge in [0.1, 0.15) is 5.82 Å². The summed E-state index contributed by atoms with van der Waals surface area (Å²) < 4.78 is 39.5. The van der Waals surface area contributed by atoms with Crippen molar-refractivity contribution in [1.82, 2.24) is 4.72 Å². The van der Waals surface area contributed by atoms with E-state index in [1.165, 1.54) is 13.8 Å². The quantitative estimate of drug-likeness (QED) is 0.849. The molecule has 0 bridgehead atoms. The lowest BCUT2D eigenvalue weighted by molar-refractivity contribution is -0.138. The summed E-state index contributed by atoms with van der Waals surface area (Å²) in [6.07, 6.45) is -0.370. The molecule has 0 aliphatic carbocycles. The second-order valence-corrected chi connectivity index (χ2v) is 7.14. The maximum Gasteiger partial charge on any atom is 0.305 e. The van der Waals surface area contributed by atoms with Gasteiger partial charge in [0, 0.05) is 10.0 Å². The van der Waals surface area contributed by atoms with Crippen molar-refractivity contribution < 1.29 is 22.7 Å². The zero-order chi connectivity index (χ0) is 14.8. The van der Waals surface area contributed by atoms with Gasteiger partial charge >= 0.3 is 5.97 Å². The Morgan fingerprint density at radius 1 is 1.47 bits per heavy atom. The first kappa shape index (κ1) is 16.1. The fourth-order valence-electron chi connectivity index (χ4n) is 1.53. The highest BCUT2D eigenvalue weighted by Crippen LogP contribution is 2.24. The van der Waals surface area contributed by atoms with Gasteiger partial charge in [-0.3, -0.25) is 4.79 Å². The first-order valence-corrected chi connectivity index (χ1v) is 7.52. The number of carbonyl (C=O) groups is 1. The second kappa shape index (κ2) is 5.56. The summed E-state index contributed by atoms with van der Waals surface area (Å²) in [5, 5.41) is 8.71. The highest BCUT2D eigenvalue weighted by atomic mass is 79.9. The minimum absolute atomic E-state index is 0.0751. The number of hydrogen-bond donors (Lipinski definition) is 2. The molecule has 0 saturated carbocycles. The summed E-state index contributed by atoms with van der Waals surface area (Å²) in [5.74, 6) is -1.69. The van der Waals surface area contributed by atoms with Crippen molar-refractivity contribution in [2.45, 2.75) is 30.7 Å². The van der Waals surface area contributed by atoms with Crippen LogP contribution in [0, 0.1) is 5.82 Å². The van der Waals surface area contributed by atoms with Crippen LogP contribution in [-0.4, -0.2) is 25.0 Å². The molecule has 0 unspecified atom stereocenters. The van der Waals surface area contributed by atoms with E-state index in [0.29, 0.717) is 0 Å². The second-order valence-electron chi connectivity index (χ2n) is 4.63. The molecular weight excluding hydrogens is 341 g/mol. The van der Waals surface area contributed by atoms with E-state index in [1.54, 1.807) is 0 Å². The molecule has 5 nitrogen and oxygen atoms in total. The summed E-state index contributed by atoms with van der Waals surface area (Å²) in [4.78, 5) is 10.5. The molecule has 1 aromatic carbocycles. The Bertz CT molecular complexity index is 601. The third-order valence-electron chi connectivity index (χ3n) is 2.19. The topological polar surface area (TPSA) is 83.5 Å². The van der Waals surface area contributed by atoms with E-state index in [1.807, 2.05) is 0 Å². The van der Waals surface area contributed by atoms with Crippen LogP contribution in [0.25, 0.3) is 0 Å². The van der Waals surface area contributed by atoms with Gasteiger partial charge in [0.15, 0.2) is 0 Å². The standard InChI is InChI=1S/C11H13BrFNO4S/c1-11(2,6-10(15)16)14-19(17,18)9-4-3-7(13)5-8(9)12/h3-5,14H,6H2,1-2H3,(H,15,16). The minimum atomic E-state index is -3.94. The minimum Gasteiger partial charge on any atom is -0.481 e. The third kappa shape index (κ3) is 4.55. The molecule has 2 N–H and O–H groups in total. The monoisotopic (exact) mass is 353 g/mol. The highest BCUT2D eigenvalue weighted by Gasteiger charge is 2.29. The lowest BCUT2D eigenvalue weighted by atomic mass is 10.0. The van der Waals surface area contributed by atoms with Crippen molar-refractivity contribution in [3.63, 3.8) is 0 Å². The Labute approximate surface area is 119 Å². The van der Waals surface area contributed by atoms with Crippen molar-refractivity contribution in [2.24, 2.45) is 0 Å². The van der Waals surface area contributed by atoms with Crippen LogP contribution >= 0.6 is 15.9 Å². The molecule has 0 radical (unpaired) electrons. The zero-order valence-electron chi connectivity index (χ0n) is 10.3. The SMILES string of the molecule is CC(C)(CC(=O)O)NS(=O)(=O)c1ccc(F)cc1Br. The molecule has 106 valence electrons. The molecule has 1 aromatic rings. The predicted octanol–water partition coefficient (Wildman–Crippen LogP) is 2.12. The van der Waals surface area contributed by atoms with E-state index >= 15 is 0 Å². The van der Waals surface area contributed by atoms with Crippen LogP contribution in [0.4, 0.5) is 4.39 Å². The van der Waals surface area contributed by atoms with Crippen LogP contribution < -0.4 is 4.72 Å². The Balaban J connectivity index is 3.08. The first-order chi connectivity index (χ1) is 8.53. The number of halogens is 2. The van der Waals surface area contributed by atoms with E-state index in [-0.39, 0.29) is 15.8 Å². The Morgan fingerprint density at radius 3 is 2.53 bits per heavy atom. The number of aliphatic carboxylic acids is 1. The van der Waals surface area contributed by atoms with Crippen LogP contribution in [0.1, 0.15) is 20.3 Å². The molecule has 0 aromatic heterocycles. The van der Waals surface area contributed by atoms with Gasteiger partial charge in [-0.2, -0.15) is 0 Å². The number of nitrogens with one attached hydrogen (secondary N) is 1. The van der Waals surface area contributed by atoms with Crippen LogP contribution in [0.15, 0.2) is 27.6 Å². The van der Waals surface area contributed by atoms with Gasteiger partial charge in [-0.1, -0.05) is 0 Å². The molecular formula is C11H13BrFNO4S. The Morgan fingerprint density at radius 2 is 2.05 bits per heavy atom. The molecule has 0 spiro atoms. The lowest BCUT2D eigenvalue weighted by Crippen LogP contribution is -2.44. The normalized spacial score (nSPS) is 12.4. The van der Waals surface area contributed by atoms with E-state index in [4.69, 9.17) is 5.11 Å². The van der Waals surface area contributed by atoms with Crippen molar-refractivity contribution in [2.75, 3.05) is 0 Å². The molecule has 1 rings (SSSR count). The zero-order valence-corrected chi connectivity index (χ0v) is 12.7. The van der Waals surface area contributed by atoms with Gasteiger partial charge in [0.2, 0.25) is 10.0 Å². The third-order valence-corrected chi connectivity index (χ3v) is 4.86. The van der Waals surface area contributed by atoms with Gasteiger partial charge in [0.25, 0.3) is 0 Å². The van der Waals surface area contributed by atoms with Gasteiger partial charge in [-0.05, 0) is 48.0 Å². The molecule has 0 fully saturated rings. The molecule has 0 amide bonds. The largest absolute Gasteiger partial charge is 0.481 e. The number of sulfonamides is 1. The predicted molar refractivity (Wildman–Crippen MR) is 70.8 cm³/mol. The summed E-state index contributed by atoms with van der Waals surface area (Å²) in [6, 6.07) is 3.15. The van der Waals surface area contributed by atoms with Crippen molar-refractivity contribution in [1.29, 1.82) is 0 Å². The molecule has 0 atom stereocenters.